The maximum Gasteiger partial charge on any atom is -0.0114 e. The van der Waals surface area contributed by atoms with Crippen molar-refractivity contribution in [2.24, 2.45) is 0 Å². The molecule has 0 saturated carbocycles. The standard InChI is InChI=1S/C19H31/c1-4-6-8-10-12-18-14-17(3)15-19(16-18)13-11-9-7-5-2/h14-15H,4-13H2,1-3H3. The van der Waals surface area contributed by atoms with Gasteiger partial charge < -0.3 is 0 Å². The van der Waals surface area contributed by atoms with Crippen LogP contribution in [-0.4, -0.2) is 0 Å². The molecule has 0 fully saturated rings. The summed E-state index contributed by atoms with van der Waals surface area (Å²) in [5.41, 5.74) is 4.28. The zero-order valence-corrected chi connectivity index (χ0v) is 13.2. The molecule has 0 heteroatoms. The molecule has 0 amide bonds. The van der Waals surface area contributed by atoms with Gasteiger partial charge in [-0.2, -0.15) is 0 Å². The molecule has 1 aromatic rings. The van der Waals surface area contributed by atoms with E-state index in [1.54, 1.807) is 0 Å². The van der Waals surface area contributed by atoms with Crippen LogP contribution in [0, 0.1) is 13.0 Å². The van der Waals surface area contributed by atoms with E-state index in [9.17, 15) is 0 Å². The first-order valence-electron chi connectivity index (χ1n) is 8.28. The number of unbranched alkanes of at least 4 members (excludes halogenated alkanes) is 6. The van der Waals surface area contributed by atoms with Crippen LogP contribution in [0.15, 0.2) is 12.1 Å². The monoisotopic (exact) mass is 259 g/mol. The van der Waals surface area contributed by atoms with Crippen molar-refractivity contribution in [1.82, 2.24) is 0 Å². The smallest absolute Gasteiger partial charge is 0.0114 e. The molecule has 0 aromatic heterocycles. The normalized spacial score (nSPS) is 10.9. The molecule has 1 rings (SSSR count). The number of benzene rings is 1. The molecule has 0 unspecified atom stereocenters. The van der Waals surface area contributed by atoms with Gasteiger partial charge in [-0.25, -0.2) is 0 Å². The fraction of sp³-hybridized carbons (Fsp3) is 0.684. The summed E-state index contributed by atoms with van der Waals surface area (Å²) in [7, 11) is 0. The van der Waals surface area contributed by atoms with Gasteiger partial charge in [-0.05, 0) is 49.8 Å². The van der Waals surface area contributed by atoms with Crippen molar-refractivity contribution in [2.75, 3.05) is 0 Å². The first-order chi connectivity index (χ1) is 9.26. The van der Waals surface area contributed by atoms with Crippen LogP contribution >= 0.6 is 0 Å². The summed E-state index contributed by atoms with van der Waals surface area (Å²) in [6.07, 6.45) is 13.2. The molecule has 0 aliphatic heterocycles. The van der Waals surface area contributed by atoms with Crippen LogP contribution in [0.2, 0.25) is 0 Å². The highest BCUT2D eigenvalue weighted by molar-refractivity contribution is 5.28. The second-order valence-corrected chi connectivity index (χ2v) is 5.83. The fourth-order valence-electron chi connectivity index (χ4n) is 2.62. The Morgan fingerprint density at radius 2 is 1.21 bits per heavy atom. The Kier molecular flexibility index (Phi) is 8.62. The van der Waals surface area contributed by atoms with Crippen LogP contribution in [0.5, 0.6) is 0 Å². The number of hydrogen-bond acceptors (Lipinski definition) is 0. The average molecular weight is 259 g/mol. The highest BCUT2D eigenvalue weighted by Crippen LogP contribution is 2.15. The van der Waals surface area contributed by atoms with E-state index in [4.69, 9.17) is 0 Å². The van der Waals surface area contributed by atoms with Crippen molar-refractivity contribution < 1.29 is 0 Å². The summed E-state index contributed by atoms with van der Waals surface area (Å²) in [4.78, 5) is 0. The highest BCUT2D eigenvalue weighted by atomic mass is 14.1. The SMILES string of the molecule is CCCCCCc1[c]c(CCCCCC)cc(C)c1. The van der Waals surface area contributed by atoms with Gasteiger partial charge >= 0.3 is 0 Å². The third-order valence-corrected chi connectivity index (χ3v) is 3.72. The predicted molar refractivity (Wildman–Crippen MR) is 85.7 cm³/mol. The molecule has 0 N–H and O–H groups in total. The Labute approximate surface area is 120 Å². The minimum absolute atomic E-state index is 1.21. The van der Waals surface area contributed by atoms with E-state index in [-0.39, 0.29) is 0 Å². The summed E-state index contributed by atoms with van der Waals surface area (Å²) in [5.74, 6) is 0. The maximum atomic E-state index is 3.64. The molecule has 1 aromatic carbocycles. The molecule has 107 valence electrons. The van der Waals surface area contributed by atoms with E-state index in [2.05, 4.69) is 39.0 Å². The molecule has 0 spiro atoms. The number of hydrogen-bond donors (Lipinski definition) is 0. The van der Waals surface area contributed by atoms with Crippen LogP contribution < -0.4 is 0 Å². The quantitative estimate of drug-likeness (QED) is 0.449. The van der Waals surface area contributed by atoms with Crippen molar-refractivity contribution in [2.45, 2.75) is 85.0 Å². The lowest BCUT2D eigenvalue weighted by Crippen LogP contribution is -1.93. The lowest BCUT2D eigenvalue weighted by atomic mass is 9.98. The molecule has 0 atom stereocenters. The summed E-state index contributed by atoms with van der Waals surface area (Å²) in [6, 6.07) is 8.28. The van der Waals surface area contributed by atoms with Gasteiger partial charge in [0.05, 0.1) is 0 Å². The molecule has 0 aliphatic rings. The summed E-state index contributed by atoms with van der Waals surface area (Å²) in [5, 5.41) is 0. The van der Waals surface area contributed by atoms with E-state index in [1.807, 2.05) is 0 Å². The molecule has 0 bridgehead atoms. The van der Waals surface area contributed by atoms with Crippen LogP contribution in [0.4, 0.5) is 0 Å². The van der Waals surface area contributed by atoms with Gasteiger partial charge in [-0.3, -0.25) is 0 Å². The largest absolute Gasteiger partial charge is 0.0654 e. The summed E-state index contributed by atoms with van der Waals surface area (Å²) >= 11 is 0. The van der Waals surface area contributed by atoms with E-state index < -0.39 is 0 Å². The van der Waals surface area contributed by atoms with Gasteiger partial charge in [0.2, 0.25) is 0 Å². The lowest BCUT2D eigenvalue weighted by Gasteiger charge is -2.07. The Morgan fingerprint density at radius 3 is 1.63 bits per heavy atom. The number of aryl methyl sites for hydroxylation is 3. The third kappa shape index (κ3) is 7.40. The molecular weight excluding hydrogens is 228 g/mol. The molecule has 0 heterocycles. The summed E-state index contributed by atoms with van der Waals surface area (Å²) < 4.78 is 0. The Bertz CT molecular complexity index is 308. The molecule has 0 nitrogen and oxygen atoms in total. The zero-order valence-electron chi connectivity index (χ0n) is 13.2. The van der Waals surface area contributed by atoms with Gasteiger partial charge in [0.15, 0.2) is 0 Å². The van der Waals surface area contributed by atoms with Crippen LogP contribution in [0.25, 0.3) is 0 Å². The van der Waals surface area contributed by atoms with Crippen molar-refractivity contribution in [1.29, 1.82) is 0 Å². The molecule has 1 radical (unpaired) electrons. The molecule has 19 heavy (non-hydrogen) atoms. The Hall–Kier alpha value is -0.780. The Morgan fingerprint density at radius 1 is 0.737 bits per heavy atom. The van der Waals surface area contributed by atoms with Crippen molar-refractivity contribution in [3.63, 3.8) is 0 Å². The minimum Gasteiger partial charge on any atom is -0.0654 e. The van der Waals surface area contributed by atoms with Crippen molar-refractivity contribution >= 4 is 0 Å². The predicted octanol–water partition coefficient (Wildman–Crippen LogP) is 6.04. The fourth-order valence-corrected chi connectivity index (χ4v) is 2.62. The van der Waals surface area contributed by atoms with E-state index in [0.717, 1.165) is 0 Å². The topological polar surface area (TPSA) is 0 Å². The van der Waals surface area contributed by atoms with E-state index in [1.165, 1.54) is 80.9 Å². The highest BCUT2D eigenvalue weighted by Gasteiger charge is 2.00. The third-order valence-electron chi connectivity index (χ3n) is 3.72. The first kappa shape index (κ1) is 16.3. The zero-order chi connectivity index (χ0) is 13.9. The van der Waals surface area contributed by atoms with Gasteiger partial charge in [0.1, 0.15) is 0 Å². The van der Waals surface area contributed by atoms with Crippen LogP contribution in [0.1, 0.15) is 81.9 Å². The van der Waals surface area contributed by atoms with Crippen LogP contribution in [0.3, 0.4) is 0 Å². The Balaban J connectivity index is 2.41. The van der Waals surface area contributed by atoms with E-state index >= 15 is 0 Å². The average Bonchev–Trinajstić information content (AvgIpc) is 2.39. The van der Waals surface area contributed by atoms with Gasteiger partial charge in [-0.1, -0.05) is 70.1 Å². The van der Waals surface area contributed by atoms with Crippen LogP contribution in [-0.2, 0) is 12.8 Å². The van der Waals surface area contributed by atoms with Gasteiger partial charge in [0.25, 0.3) is 0 Å². The minimum atomic E-state index is 1.21. The molecular formula is C19H31. The van der Waals surface area contributed by atoms with Gasteiger partial charge in [0, 0.05) is 0 Å². The second kappa shape index (κ2) is 10.1. The molecule has 0 saturated heterocycles. The molecule has 0 aliphatic carbocycles. The lowest BCUT2D eigenvalue weighted by molar-refractivity contribution is 0.660. The maximum absolute atomic E-state index is 3.64. The first-order valence-corrected chi connectivity index (χ1v) is 8.28. The summed E-state index contributed by atoms with van der Waals surface area (Å²) in [6.45, 7) is 6.76. The van der Waals surface area contributed by atoms with Crippen molar-refractivity contribution in [3.05, 3.63) is 34.9 Å². The van der Waals surface area contributed by atoms with Gasteiger partial charge in [-0.15, -0.1) is 0 Å². The second-order valence-electron chi connectivity index (χ2n) is 5.83. The van der Waals surface area contributed by atoms with Crippen molar-refractivity contribution in [3.8, 4) is 0 Å². The van der Waals surface area contributed by atoms with E-state index in [0.29, 0.717) is 0 Å². The number of rotatable bonds is 10.